The third-order valence-electron chi connectivity index (χ3n) is 1.97. The predicted octanol–water partition coefficient (Wildman–Crippen LogP) is 1.32. The number of likely N-dealkylation sites (N-methyl/N-ethyl adjacent to an activating group) is 1. The largest absolute Gasteiger partial charge is 0.361 e. The summed E-state index contributed by atoms with van der Waals surface area (Å²) >= 11 is 0. The number of sulfonamides is 1. The maximum absolute atomic E-state index is 12.8. The summed E-state index contributed by atoms with van der Waals surface area (Å²) in [4.78, 5) is -0.943. The first-order valence-corrected chi connectivity index (χ1v) is 6.25. The van der Waals surface area contributed by atoms with E-state index in [1.54, 1.807) is 0 Å². The van der Waals surface area contributed by atoms with E-state index in [1.165, 1.54) is 0 Å². The maximum Gasteiger partial charge on any atom is 0.215 e. The third kappa shape index (κ3) is 3.59. The van der Waals surface area contributed by atoms with Gasteiger partial charge in [-0.1, -0.05) is 6.04 Å². The third-order valence-corrected chi connectivity index (χ3v) is 2.67. The minimum absolute atomic E-state index is 0.112. The molecule has 2 N–H and O–H groups in total. The average Bonchev–Trinajstić information content (AvgIpc) is 2.99. The second-order valence-electron chi connectivity index (χ2n) is 3.31. The van der Waals surface area contributed by atoms with Gasteiger partial charge in [-0.25, -0.2) is 13.1 Å². The first-order valence-electron chi connectivity index (χ1n) is 15.2. The van der Waals surface area contributed by atoms with Crippen LogP contribution in [0.2, 0.25) is 2.82 Å². The Balaban J connectivity index is 3.18. The lowest BCUT2D eigenvalue weighted by atomic mass is 10.1. The van der Waals surface area contributed by atoms with Crippen molar-refractivity contribution in [2.45, 2.75) is 12.1 Å². The Kier molecular flexibility index (Phi) is 1.04. The number of nitrogens with one attached hydrogen (secondary N) is 2. The Bertz CT molecular complexity index is 1450. The number of H-pyrrole nitrogens is 1. The number of aromatic amines is 1. The van der Waals surface area contributed by atoms with Crippen LogP contribution in [0, 0.1) is 0 Å². The van der Waals surface area contributed by atoms with Gasteiger partial charge in [0.1, 0.15) is 1.41 Å². The summed E-state index contributed by atoms with van der Waals surface area (Å²) < 4.78 is 189. The van der Waals surface area contributed by atoms with Crippen LogP contribution >= 0.6 is 0 Å². The lowest BCUT2D eigenvalue weighted by Gasteiger charge is -2.08. The summed E-state index contributed by atoms with van der Waals surface area (Å²) in [5, 5.41) is -1.24. The highest BCUT2D eigenvalue weighted by Crippen LogP contribution is 2.21. The number of rotatable bonds is 6. The van der Waals surface area contributed by atoms with E-state index >= 15 is 0 Å². The summed E-state index contributed by atoms with van der Waals surface area (Å²) in [6.07, 6.45) is -5.40. The maximum atomic E-state index is 12.8. The lowest BCUT2D eigenvalue weighted by molar-refractivity contribution is 0.414. The Hall–Kier alpha value is -1.37. The number of fused-ring (bicyclic) bond motifs is 1. The van der Waals surface area contributed by atoms with Gasteiger partial charge in [-0.3, -0.25) is 0 Å². The molecule has 0 aliphatic heterocycles. The number of aryl methyl sites for hydroxylation is 1. The van der Waals surface area contributed by atoms with E-state index < -0.39 is 105 Å². The summed E-state index contributed by atoms with van der Waals surface area (Å²) in [5.41, 5.74) is -8.34. The van der Waals surface area contributed by atoms with Gasteiger partial charge in [0.2, 0.25) is 10.0 Å². The zero-order chi connectivity index (χ0) is 32.9. The molecule has 20 heavy (non-hydrogen) atoms. The summed E-state index contributed by atoms with van der Waals surface area (Å²) in [6, 6.07) is -4.33. The molecule has 0 aliphatic rings. The van der Waals surface area contributed by atoms with Crippen molar-refractivity contribution in [3.8, 4) is 0 Å². The summed E-state index contributed by atoms with van der Waals surface area (Å²) in [5.74, 6) is 0. The molecule has 1 heterocycles. The second-order valence-corrected chi connectivity index (χ2v) is 4.65. The Labute approximate surface area is 149 Å². The standard InChI is InChI=1S/C14H21N3O2S/c1-15-20(18,19)10-11-4-5-14-13(8-11)12(9-16-14)6-7-17(2)3/h4-5,8-9,15-16H,6-7,10H2,1-3H3/i1D3,2D3,3D3,4D,5D,6D2,7D2,8D,9D,10D2/hD2. The average molecular weight is 317 g/mol. The van der Waals surface area contributed by atoms with Crippen molar-refractivity contribution >= 4 is 20.9 Å². The number of aromatic nitrogens is 1. The van der Waals surface area contributed by atoms with Crippen LogP contribution in [0.5, 0.6) is 0 Å². The molecule has 0 fully saturated rings. The minimum atomic E-state index is -5.99. The molecule has 2 rings (SSSR count). The zero-order valence-corrected chi connectivity index (χ0v) is 10.4. The molecule has 1 aromatic carbocycles. The highest BCUT2D eigenvalue weighted by Gasteiger charge is 2.11. The van der Waals surface area contributed by atoms with Crippen LogP contribution in [0.3, 0.4) is 0 Å². The highest BCUT2D eigenvalue weighted by atomic mass is 32.2. The van der Waals surface area contributed by atoms with E-state index in [2.05, 4.69) is 0 Å². The van der Waals surface area contributed by atoms with Crippen molar-refractivity contribution in [1.82, 2.24) is 14.6 Å². The molecule has 0 saturated carbocycles. The van der Waals surface area contributed by atoms with E-state index in [-0.39, 0.29) is 4.98 Å². The molecule has 0 spiro atoms. The molecule has 0 amide bonds. The second kappa shape index (κ2) is 5.95. The Morgan fingerprint density at radius 1 is 1.60 bits per heavy atom. The quantitative estimate of drug-likeness (QED) is 0.845. The van der Waals surface area contributed by atoms with E-state index in [1.807, 2.05) is 0 Å². The molecule has 6 heteroatoms. The van der Waals surface area contributed by atoms with Gasteiger partial charge in [-0.05, 0) is 50.5 Å². The van der Waals surface area contributed by atoms with Crippen molar-refractivity contribution in [3.63, 3.8) is 0 Å². The van der Waals surface area contributed by atoms with Crippen LogP contribution < -0.4 is 4.72 Å². The molecule has 0 saturated heterocycles. The van der Waals surface area contributed by atoms with Crippen molar-refractivity contribution in [1.29, 1.82) is 0 Å². The molecule has 0 radical (unpaired) electrons. The van der Waals surface area contributed by atoms with Crippen LogP contribution in [0.4, 0.5) is 0 Å². The van der Waals surface area contributed by atoms with Crippen molar-refractivity contribution in [2.75, 3.05) is 27.4 Å². The van der Waals surface area contributed by atoms with Gasteiger partial charge in [0.25, 0.3) is 0 Å². The zero-order valence-electron chi connectivity index (χ0n) is 30.6. The number of hydrogen-bond acceptors (Lipinski definition) is 3. The van der Waals surface area contributed by atoms with Crippen LogP contribution in [-0.2, 0) is 22.1 Å². The van der Waals surface area contributed by atoms with E-state index in [9.17, 15) is 8.42 Å². The summed E-state index contributed by atoms with van der Waals surface area (Å²) in [6.45, 7) is -15.6. The highest BCUT2D eigenvalue weighted by molar-refractivity contribution is 7.88. The number of hydrogen-bond donors (Lipinski definition) is 2. The molecule has 5 nitrogen and oxygen atoms in total. The molecular formula is C14H21N3O2S. The van der Waals surface area contributed by atoms with E-state index in [0.29, 0.717) is 0 Å². The van der Waals surface area contributed by atoms with Gasteiger partial charge < -0.3 is 9.88 Å². The van der Waals surface area contributed by atoms with Crippen molar-refractivity contribution < 1.29 is 37.3 Å². The molecule has 110 valence electrons. The van der Waals surface area contributed by atoms with Gasteiger partial charge in [0.15, 0.2) is 1.41 Å². The lowest BCUT2D eigenvalue weighted by Crippen LogP contribution is -2.20. The molecule has 0 aliphatic carbocycles. The smallest absolute Gasteiger partial charge is 0.215 e. The topological polar surface area (TPSA) is 65.2 Å². The van der Waals surface area contributed by atoms with E-state index in [0.717, 1.165) is 0 Å². The fourth-order valence-corrected chi connectivity index (χ4v) is 1.64. The van der Waals surface area contributed by atoms with Crippen molar-refractivity contribution in [3.05, 3.63) is 35.4 Å². The Morgan fingerprint density at radius 3 is 3.20 bits per heavy atom. The van der Waals surface area contributed by atoms with Gasteiger partial charge in [-0.2, -0.15) is 0 Å². The summed E-state index contributed by atoms with van der Waals surface area (Å²) in [7, 11) is -5.99. The fourth-order valence-electron chi connectivity index (χ4n) is 1.24. The van der Waals surface area contributed by atoms with Gasteiger partial charge in [0, 0.05) is 44.1 Å². The van der Waals surface area contributed by atoms with Crippen molar-refractivity contribution in [2.24, 2.45) is 0 Å². The molecule has 0 unspecified atom stereocenters. The molecular weight excluding hydrogens is 274 g/mol. The SMILES string of the molecule is [2H]c1c(C([2H])([2H])S(=O)(=O)N([2H])C([2H])([2H])[2H])c([2H])c2c(C([2H])([2H])C([2H])([2H])N(C([2H])([2H])[2H])C([2H])([2H])[2H])c([2H])n([2H])c2c1[2H]. The first-order chi connectivity index (χ1) is 17.8. The fraction of sp³-hybridized carbons (Fsp3) is 0.429. The normalized spacial score (nSPS) is 32.0. The predicted molar refractivity (Wildman–Crippen MR) is 82.2 cm³/mol. The van der Waals surface area contributed by atoms with Crippen LogP contribution in [-0.4, -0.2) is 45.7 Å². The van der Waals surface area contributed by atoms with E-state index in [4.69, 9.17) is 28.9 Å². The first kappa shape index (κ1) is 3.51. The molecule has 1 aromatic heterocycles. The minimum Gasteiger partial charge on any atom is -0.361 e. The van der Waals surface area contributed by atoms with Gasteiger partial charge >= 0.3 is 0 Å². The molecule has 0 bridgehead atoms. The molecule has 0 atom stereocenters. The van der Waals surface area contributed by atoms with Crippen LogP contribution in [0.15, 0.2) is 24.3 Å². The number of nitrogens with zero attached hydrogens (tertiary/aromatic N) is 1. The van der Waals surface area contributed by atoms with Gasteiger partial charge in [-0.15, -0.1) is 0 Å². The monoisotopic (exact) mass is 316 g/mol. The van der Waals surface area contributed by atoms with Crippen LogP contribution in [0.1, 0.15) is 37.2 Å². The van der Waals surface area contributed by atoms with Crippen LogP contribution in [0.25, 0.3) is 10.9 Å². The number of benzene rings is 1. The van der Waals surface area contributed by atoms with Gasteiger partial charge in [0.05, 0.1) is 11.2 Å². The Morgan fingerprint density at radius 2 is 2.45 bits per heavy atom. The molecule has 2 aromatic rings.